The lowest BCUT2D eigenvalue weighted by atomic mass is 9.82. The summed E-state index contributed by atoms with van der Waals surface area (Å²) >= 11 is 0. The van der Waals surface area contributed by atoms with Gasteiger partial charge in [0.05, 0.1) is 13.2 Å². The van der Waals surface area contributed by atoms with Gasteiger partial charge in [-0.05, 0) is 34.6 Å². The number of carbonyl (C=O) groups excluding carboxylic acids is 1. The Balaban J connectivity index is 2.00. The van der Waals surface area contributed by atoms with E-state index in [1.807, 2.05) is 0 Å². The molecule has 0 saturated carbocycles. The molecule has 3 rings (SSSR count). The predicted molar refractivity (Wildman–Crippen MR) is 86.0 cm³/mol. The average molecular weight is 391 g/mol. The van der Waals surface area contributed by atoms with Gasteiger partial charge in [-0.2, -0.15) is 0 Å². The van der Waals surface area contributed by atoms with Gasteiger partial charge >= 0.3 is 12.0 Å². The van der Waals surface area contributed by atoms with Gasteiger partial charge in [-0.25, -0.2) is 4.79 Å². The second-order valence-electron chi connectivity index (χ2n) is 7.68. The lowest BCUT2D eigenvalue weighted by molar-refractivity contribution is -0.538. The molecule has 0 aromatic carbocycles. The maximum absolute atomic E-state index is 12.4. The van der Waals surface area contributed by atoms with E-state index in [0.29, 0.717) is 0 Å². The van der Waals surface area contributed by atoms with E-state index in [4.69, 9.17) is 28.4 Å². The molecule has 0 amide bonds. The van der Waals surface area contributed by atoms with Crippen LogP contribution in [0.1, 0.15) is 34.6 Å². The number of carbonyl (C=O) groups is 1. The summed E-state index contributed by atoms with van der Waals surface area (Å²) < 4.78 is 33.1. The van der Waals surface area contributed by atoms with E-state index in [0.717, 1.165) is 0 Å². The van der Waals surface area contributed by atoms with Crippen LogP contribution in [-0.4, -0.2) is 77.0 Å². The largest absolute Gasteiger partial charge is 0.461 e. The van der Waals surface area contributed by atoms with Crippen LogP contribution in [0.15, 0.2) is 0 Å². The maximum Gasteiger partial charge on any atom is 0.385 e. The fourth-order valence-electron chi connectivity index (χ4n) is 3.78. The molecule has 0 aliphatic carbocycles. The molecule has 3 saturated heterocycles. The van der Waals surface area contributed by atoms with Gasteiger partial charge < -0.3 is 33.5 Å². The third kappa shape index (κ3) is 3.43. The third-order valence-corrected chi connectivity index (χ3v) is 4.78. The number of aliphatic hydroxyl groups is 1. The van der Waals surface area contributed by atoms with Crippen molar-refractivity contribution in [2.24, 2.45) is 0 Å². The monoisotopic (exact) mass is 391 g/mol. The summed E-state index contributed by atoms with van der Waals surface area (Å²) in [6, 6.07) is -2.15. The van der Waals surface area contributed by atoms with Crippen molar-refractivity contribution in [1.82, 2.24) is 0 Å². The van der Waals surface area contributed by atoms with E-state index in [9.17, 15) is 20.0 Å². The van der Waals surface area contributed by atoms with Gasteiger partial charge in [-0.15, -0.1) is 0 Å². The first-order valence-electron chi connectivity index (χ1n) is 8.76. The minimum atomic E-state index is -2.39. The van der Waals surface area contributed by atoms with Crippen molar-refractivity contribution in [3.05, 3.63) is 10.1 Å². The lowest BCUT2D eigenvalue weighted by Gasteiger charge is -2.35. The Kier molecular flexibility index (Phi) is 4.98. The highest BCUT2D eigenvalue weighted by Gasteiger charge is 2.74. The van der Waals surface area contributed by atoms with Gasteiger partial charge in [0.2, 0.25) is 5.60 Å². The number of nitrogens with zero attached hydrogens (tertiary/aromatic N) is 1. The van der Waals surface area contributed by atoms with Gasteiger partial charge in [-0.3, -0.25) is 10.1 Å². The molecule has 0 aromatic heterocycles. The summed E-state index contributed by atoms with van der Waals surface area (Å²) in [6.45, 7) is 7.91. The predicted octanol–water partition coefficient (Wildman–Crippen LogP) is -0.0462. The number of esters is 1. The van der Waals surface area contributed by atoms with Crippen LogP contribution in [0.5, 0.6) is 0 Å². The lowest BCUT2D eigenvalue weighted by Crippen LogP contribution is -2.66. The number of nitro groups is 1. The maximum atomic E-state index is 12.4. The van der Waals surface area contributed by atoms with Crippen molar-refractivity contribution < 1.29 is 43.2 Å². The molecule has 3 heterocycles. The van der Waals surface area contributed by atoms with Crippen LogP contribution < -0.4 is 0 Å². The molecule has 3 aliphatic rings. The number of fused-ring (bicyclic) bond motifs is 1. The van der Waals surface area contributed by atoms with Crippen LogP contribution in [0.2, 0.25) is 0 Å². The van der Waals surface area contributed by atoms with E-state index < -0.39 is 58.7 Å². The molecule has 0 spiro atoms. The molecular formula is C16H25NO10. The Morgan fingerprint density at radius 3 is 2.41 bits per heavy atom. The van der Waals surface area contributed by atoms with Crippen molar-refractivity contribution in [3.8, 4) is 0 Å². The molecular weight excluding hydrogens is 366 g/mol. The first-order valence-corrected chi connectivity index (χ1v) is 8.76. The van der Waals surface area contributed by atoms with E-state index in [-0.39, 0.29) is 13.2 Å². The fraction of sp³-hybridized carbons (Fsp3) is 0.938. The Labute approximate surface area is 155 Å². The zero-order chi connectivity index (χ0) is 20.2. The van der Waals surface area contributed by atoms with E-state index in [2.05, 4.69) is 0 Å². The normalized spacial score (nSPS) is 40.5. The van der Waals surface area contributed by atoms with Crippen molar-refractivity contribution >= 4 is 5.97 Å². The highest BCUT2D eigenvalue weighted by molar-refractivity contribution is 5.76. The van der Waals surface area contributed by atoms with Gasteiger partial charge in [0.15, 0.2) is 24.0 Å². The molecule has 27 heavy (non-hydrogen) atoms. The SMILES string of the molecule is CCOC(=O)C([N+](=O)[O-])[C@@]1(O)[C@@H]([C@H]2COC(C)(C)O2)O[C@@H]2OC(C)(C)O[C@@H]21. The topological polar surface area (TPSA) is 136 Å². The molecule has 0 radical (unpaired) electrons. The van der Waals surface area contributed by atoms with Crippen LogP contribution in [-0.2, 0) is 33.2 Å². The summed E-state index contributed by atoms with van der Waals surface area (Å²) in [6.07, 6.45) is -4.57. The van der Waals surface area contributed by atoms with Crippen LogP contribution in [0.4, 0.5) is 0 Å². The van der Waals surface area contributed by atoms with E-state index in [1.54, 1.807) is 27.7 Å². The minimum absolute atomic E-state index is 0.00999. The number of hydrogen-bond acceptors (Lipinski definition) is 10. The van der Waals surface area contributed by atoms with Crippen LogP contribution >= 0.6 is 0 Å². The van der Waals surface area contributed by atoms with Crippen LogP contribution in [0.3, 0.4) is 0 Å². The molecule has 154 valence electrons. The Bertz CT molecular complexity index is 622. The van der Waals surface area contributed by atoms with Crippen molar-refractivity contribution in [2.45, 2.75) is 82.4 Å². The Morgan fingerprint density at radius 2 is 1.89 bits per heavy atom. The quantitative estimate of drug-likeness (QED) is 0.386. The Hall–Kier alpha value is -1.37. The summed E-state index contributed by atoms with van der Waals surface area (Å²) in [4.78, 5) is 23.2. The van der Waals surface area contributed by atoms with Gasteiger partial charge in [0, 0.05) is 4.92 Å². The number of hydrogen-bond donors (Lipinski definition) is 1. The highest BCUT2D eigenvalue weighted by atomic mass is 16.8. The summed E-state index contributed by atoms with van der Waals surface area (Å²) in [5, 5.41) is 23.3. The standard InChI is InChI=1S/C16H25NO10/c1-6-22-12(18)9(17(20)21)16(19)10(8-7-23-14(2,3)25-8)24-13-11(16)26-15(4,5)27-13/h8-11,13,19H,6-7H2,1-5H3/t8-,9?,10-,11+,13-,16-/m1/s1. The van der Waals surface area contributed by atoms with Crippen molar-refractivity contribution in [2.75, 3.05) is 13.2 Å². The molecule has 3 fully saturated rings. The van der Waals surface area contributed by atoms with Crippen LogP contribution in [0, 0.1) is 10.1 Å². The smallest absolute Gasteiger partial charge is 0.385 e. The summed E-state index contributed by atoms with van der Waals surface area (Å²) in [5.41, 5.74) is -2.39. The van der Waals surface area contributed by atoms with E-state index in [1.165, 1.54) is 6.92 Å². The first kappa shape index (κ1) is 20.4. The van der Waals surface area contributed by atoms with Crippen LogP contribution in [0.25, 0.3) is 0 Å². The molecule has 1 unspecified atom stereocenters. The summed E-state index contributed by atoms with van der Waals surface area (Å²) in [5.74, 6) is -3.32. The van der Waals surface area contributed by atoms with E-state index >= 15 is 0 Å². The fourth-order valence-corrected chi connectivity index (χ4v) is 3.78. The number of rotatable bonds is 5. The zero-order valence-corrected chi connectivity index (χ0v) is 15.9. The molecule has 11 heteroatoms. The molecule has 6 atom stereocenters. The van der Waals surface area contributed by atoms with Crippen molar-refractivity contribution in [1.29, 1.82) is 0 Å². The van der Waals surface area contributed by atoms with Gasteiger partial charge in [-0.1, -0.05) is 0 Å². The molecule has 3 aliphatic heterocycles. The molecule has 11 nitrogen and oxygen atoms in total. The summed E-state index contributed by atoms with van der Waals surface area (Å²) in [7, 11) is 0. The second kappa shape index (κ2) is 6.61. The second-order valence-corrected chi connectivity index (χ2v) is 7.68. The van der Waals surface area contributed by atoms with Gasteiger partial charge in [0.25, 0.3) is 0 Å². The third-order valence-electron chi connectivity index (χ3n) is 4.78. The van der Waals surface area contributed by atoms with Gasteiger partial charge in [0.1, 0.15) is 12.2 Å². The highest BCUT2D eigenvalue weighted by Crippen LogP contribution is 2.48. The molecule has 0 bridgehead atoms. The average Bonchev–Trinajstić information content (AvgIpc) is 3.10. The number of ether oxygens (including phenoxy) is 6. The Morgan fingerprint density at radius 1 is 1.22 bits per heavy atom. The minimum Gasteiger partial charge on any atom is -0.461 e. The van der Waals surface area contributed by atoms with Crippen molar-refractivity contribution in [3.63, 3.8) is 0 Å². The molecule has 1 N–H and O–H groups in total. The zero-order valence-electron chi connectivity index (χ0n) is 15.9. The molecule has 0 aromatic rings. The first-order chi connectivity index (χ1) is 12.4.